The summed E-state index contributed by atoms with van der Waals surface area (Å²) in [6.45, 7) is 8.04. The van der Waals surface area contributed by atoms with Gasteiger partial charge in [-0.15, -0.1) is 0 Å². The van der Waals surface area contributed by atoms with Crippen LogP contribution in [-0.4, -0.2) is 49.0 Å². The Hall–Kier alpha value is -2.21. The number of halogens is 1. The number of hydrogen-bond donors (Lipinski definition) is 2. The lowest BCUT2D eigenvalue weighted by Gasteiger charge is -2.36. The van der Waals surface area contributed by atoms with Crippen LogP contribution in [0.1, 0.15) is 5.56 Å². The number of nitrogens with one attached hydrogen (secondary N) is 1. The van der Waals surface area contributed by atoms with E-state index in [0.717, 1.165) is 49.0 Å². The minimum absolute atomic E-state index is 0.492. The van der Waals surface area contributed by atoms with E-state index in [9.17, 15) is 5.11 Å². The Morgan fingerprint density at radius 1 is 1.11 bits per heavy atom. The van der Waals surface area contributed by atoms with Crippen LogP contribution in [0.15, 0.2) is 54.7 Å². The second-order valence-electron chi connectivity index (χ2n) is 7.06. The molecule has 0 saturated carbocycles. The van der Waals surface area contributed by atoms with Crippen molar-refractivity contribution in [2.75, 3.05) is 42.9 Å². The zero-order chi connectivity index (χ0) is 18.8. The van der Waals surface area contributed by atoms with E-state index in [1.54, 1.807) is 0 Å². The molecule has 4 rings (SSSR count). The number of benzene rings is 2. The van der Waals surface area contributed by atoms with Gasteiger partial charge >= 0.3 is 0 Å². The average molecular weight is 386 g/mol. The molecule has 0 unspecified atom stereocenters. The first-order chi connectivity index (χ1) is 13.1. The van der Waals surface area contributed by atoms with Gasteiger partial charge in [0, 0.05) is 60.8 Å². The van der Waals surface area contributed by atoms with Crippen LogP contribution in [0.4, 0.5) is 11.4 Å². The maximum absolute atomic E-state index is 10.3. The molecule has 0 spiro atoms. The van der Waals surface area contributed by atoms with Gasteiger partial charge in [0.1, 0.15) is 5.75 Å². The van der Waals surface area contributed by atoms with Gasteiger partial charge in [0.25, 0.3) is 0 Å². The lowest BCUT2D eigenvalue weighted by atomic mass is 10.1. The first-order valence-electron chi connectivity index (χ1n) is 9.22. The number of anilines is 2. The summed E-state index contributed by atoms with van der Waals surface area (Å²) in [6.07, 6.45) is -0.00878. The molecule has 2 N–H and O–H groups in total. The van der Waals surface area contributed by atoms with Crippen LogP contribution in [0.3, 0.4) is 0 Å². The van der Waals surface area contributed by atoms with Gasteiger partial charge in [0.15, 0.2) is 0 Å². The predicted octanol–water partition coefficient (Wildman–Crippen LogP) is 3.34. The minimum atomic E-state index is -0.852. The Labute approximate surface area is 164 Å². The third kappa shape index (κ3) is 4.38. The molecule has 27 heavy (non-hydrogen) atoms. The van der Waals surface area contributed by atoms with Crippen molar-refractivity contribution in [1.82, 2.24) is 4.90 Å². The van der Waals surface area contributed by atoms with E-state index in [4.69, 9.17) is 16.3 Å². The molecule has 2 heterocycles. The predicted molar refractivity (Wildman–Crippen MR) is 110 cm³/mol. The number of aliphatic hydroxyl groups is 1. The lowest BCUT2D eigenvalue weighted by molar-refractivity contribution is -0.0416. The highest BCUT2D eigenvalue weighted by atomic mass is 35.5. The van der Waals surface area contributed by atoms with E-state index >= 15 is 0 Å². The quantitative estimate of drug-likeness (QED) is 0.773. The number of aliphatic hydroxyl groups excluding tert-OH is 1. The summed E-state index contributed by atoms with van der Waals surface area (Å²) < 4.78 is 5.72. The van der Waals surface area contributed by atoms with Gasteiger partial charge in [-0.3, -0.25) is 4.90 Å². The van der Waals surface area contributed by atoms with E-state index in [-0.39, 0.29) is 0 Å². The smallest absolute Gasteiger partial charge is 0.210 e. The molecule has 2 aromatic carbocycles. The number of nitrogens with zero attached hydrogens (tertiary/aromatic N) is 2. The Morgan fingerprint density at radius 2 is 1.85 bits per heavy atom. The first-order valence-corrected chi connectivity index (χ1v) is 9.60. The largest absolute Gasteiger partial charge is 0.464 e. The van der Waals surface area contributed by atoms with Crippen molar-refractivity contribution in [2.24, 2.45) is 0 Å². The van der Waals surface area contributed by atoms with Gasteiger partial charge in [-0.1, -0.05) is 24.2 Å². The van der Waals surface area contributed by atoms with Crippen molar-refractivity contribution < 1.29 is 9.84 Å². The number of piperazine rings is 1. The molecule has 1 atom stereocenters. The highest BCUT2D eigenvalue weighted by molar-refractivity contribution is 6.30. The summed E-state index contributed by atoms with van der Waals surface area (Å²) >= 11 is 5.96. The number of ether oxygens (including phenoxy) is 1. The van der Waals surface area contributed by atoms with Crippen molar-refractivity contribution >= 4 is 23.0 Å². The summed E-state index contributed by atoms with van der Waals surface area (Å²) in [6, 6.07) is 13.8. The third-order valence-corrected chi connectivity index (χ3v) is 5.30. The number of rotatable bonds is 5. The standard InChI is InChI=1S/C21H24ClN3O2/c1-15-12-16-2-7-19(13-20(16)23-15)27-21(26)14-24-8-10-25(11-9-24)18-5-3-17(22)4-6-18/h2-7,13,21,23,26H,1,8-12,14H2/t21-/m1/s1. The van der Waals surface area contributed by atoms with E-state index in [2.05, 4.69) is 21.7 Å². The van der Waals surface area contributed by atoms with Gasteiger partial charge in [-0.25, -0.2) is 0 Å². The topological polar surface area (TPSA) is 48.0 Å². The Bertz CT molecular complexity index is 817. The Morgan fingerprint density at radius 3 is 2.59 bits per heavy atom. The molecule has 1 saturated heterocycles. The van der Waals surface area contributed by atoms with Crippen LogP contribution < -0.4 is 15.0 Å². The molecule has 2 aliphatic heterocycles. The van der Waals surface area contributed by atoms with E-state index in [1.807, 2.05) is 42.5 Å². The molecule has 6 heteroatoms. The third-order valence-electron chi connectivity index (χ3n) is 5.05. The molecule has 0 amide bonds. The van der Waals surface area contributed by atoms with Gasteiger partial charge in [0.2, 0.25) is 6.29 Å². The van der Waals surface area contributed by atoms with E-state index in [1.165, 1.54) is 11.3 Å². The molecule has 5 nitrogen and oxygen atoms in total. The second kappa shape index (κ2) is 7.80. The number of fused-ring (bicyclic) bond motifs is 1. The molecular weight excluding hydrogens is 362 g/mol. The Balaban J connectivity index is 1.27. The summed E-state index contributed by atoms with van der Waals surface area (Å²) in [5, 5.41) is 14.3. The van der Waals surface area contributed by atoms with Crippen molar-refractivity contribution in [1.29, 1.82) is 0 Å². The molecule has 0 aromatic heterocycles. The lowest BCUT2D eigenvalue weighted by Crippen LogP contribution is -2.49. The molecular formula is C21H24ClN3O2. The molecule has 0 bridgehead atoms. The maximum Gasteiger partial charge on any atom is 0.210 e. The molecule has 0 aliphatic carbocycles. The van der Waals surface area contributed by atoms with E-state index < -0.39 is 6.29 Å². The molecule has 2 aliphatic rings. The van der Waals surface area contributed by atoms with E-state index in [0.29, 0.717) is 12.3 Å². The average Bonchev–Trinajstić information content (AvgIpc) is 3.02. The van der Waals surface area contributed by atoms with Crippen molar-refractivity contribution in [3.05, 3.63) is 65.3 Å². The van der Waals surface area contributed by atoms with Crippen LogP contribution in [0.2, 0.25) is 5.02 Å². The van der Waals surface area contributed by atoms with Crippen LogP contribution in [0, 0.1) is 0 Å². The molecule has 1 fully saturated rings. The summed E-state index contributed by atoms with van der Waals surface area (Å²) in [4.78, 5) is 4.56. The van der Waals surface area contributed by atoms with Crippen LogP contribution in [-0.2, 0) is 6.42 Å². The summed E-state index contributed by atoms with van der Waals surface area (Å²) in [5.74, 6) is 0.670. The zero-order valence-electron chi connectivity index (χ0n) is 15.2. The number of allylic oxidation sites excluding steroid dienone is 1. The monoisotopic (exact) mass is 385 g/mol. The fourth-order valence-corrected chi connectivity index (χ4v) is 3.75. The highest BCUT2D eigenvalue weighted by Gasteiger charge is 2.21. The fourth-order valence-electron chi connectivity index (χ4n) is 3.62. The number of hydrogen-bond acceptors (Lipinski definition) is 5. The Kier molecular flexibility index (Phi) is 5.25. The molecule has 2 aromatic rings. The minimum Gasteiger partial charge on any atom is -0.464 e. The SMILES string of the molecule is C=C1Cc2ccc(O[C@@H](O)CN3CCN(c4ccc(Cl)cc4)CC3)cc2N1. The zero-order valence-corrected chi connectivity index (χ0v) is 16.0. The highest BCUT2D eigenvalue weighted by Crippen LogP contribution is 2.31. The normalized spacial score (nSPS) is 18.1. The fraction of sp³-hybridized carbons (Fsp3) is 0.333. The molecule has 142 valence electrons. The number of β-amino-alcohol motifs (C(OH)–C–C–N with tert-alkyl or cyclic N) is 1. The second-order valence-corrected chi connectivity index (χ2v) is 7.50. The van der Waals surface area contributed by atoms with Gasteiger partial charge in [0.05, 0.1) is 6.54 Å². The van der Waals surface area contributed by atoms with Crippen molar-refractivity contribution in [2.45, 2.75) is 12.7 Å². The molecule has 0 radical (unpaired) electrons. The van der Waals surface area contributed by atoms with Crippen LogP contribution in [0.25, 0.3) is 0 Å². The van der Waals surface area contributed by atoms with Crippen LogP contribution in [0.5, 0.6) is 5.75 Å². The summed E-state index contributed by atoms with van der Waals surface area (Å²) in [5.41, 5.74) is 4.39. The van der Waals surface area contributed by atoms with Crippen molar-refractivity contribution in [3.63, 3.8) is 0 Å². The van der Waals surface area contributed by atoms with Crippen LogP contribution >= 0.6 is 11.6 Å². The van der Waals surface area contributed by atoms with Gasteiger partial charge in [-0.2, -0.15) is 0 Å². The van der Waals surface area contributed by atoms with Gasteiger partial charge in [-0.05, 0) is 35.9 Å². The van der Waals surface area contributed by atoms with Crippen molar-refractivity contribution in [3.8, 4) is 5.75 Å². The maximum atomic E-state index is 10.3. The van der Waals surface area contributed by atoms with Gasteiger partial charge < -0.3 is 20.1 Å². The summed E-state index contributed by atoms with van der Waals surface area (Å²) in [7, 11) is 0. The first kappa shape index (κ1) is 18.2.